The van der Waals surface area contributed by atoms with E-state index in [0.29, 0.717) is 16.5 Å². The fourth-order valence-corrected chi connectivity index (χ4v) is 0.885. The van der Waals surface area contributed by atoms with Crippen LogP contribution in [0.1, 0.15) is 0 Å². The molecule has 1 aliphatic rings. The molecule has 0 bridgehead atoms. The van der Waals surface area contributed by atoms with Crippen molar-refractivity contribution in [3.63, 3.8) is 0 Å². The van der Waals surface area contributed by atoms with Crippen LogP contribution in [0.5, 0.6) is 0 Å². The first kappa shape index (κ1) is 7.02. The number of hydrogen-bond acceptors (Lipinski definition) is 2. The largest absolute Gasteiger partial charge is 0.342 e. The van der Waals surface area contributed by atoms with E-state index in [-0.39, 0.29) is 0 Å². The molecule has 10 heavy (non-hydrogen) atoms. The van der Waals surface area contributed by atoms with Crippen LogP contribution >= 0.6 is 12.2 Å². The summed E-state index contributed by atoms with van der Waals surface area (Å²) in [5.41, 5.74) is 1.44. The van der Waals surface area contributed by atoms with E-state index in [1.165, 1.54) is 0 Å². The molecule has 0 aliphatic carbocycles. The van der Waals surface area contributed by atoms with Crippen molar-refractivity contribution < 1.29 is 0 Å². The molecule has 0 spiro atoms. The van der Waals surface area contributed by atoms with E-state index >= 15 is 0 Å². The maximum atomic E-state index is 4.91. The molecular weight excluding hydrogens is 144 g/mol. The Morgan fingerprint density at radius 3 is 2.20 bits per heavy atom. The summed E-state index contributed by atoms with van der Waals surface area (Å²) in [6, 6.07) is 0. The maximum Gasteiger partial charge on any atom is 0.113 e. The molecule has 0 saturated carbocycles. The van der Waals surface area contributed by atoms with Gasteiger partial charge >= 0.3 is 0 Å². The molecule has 1 aliphatic heterocycles. The summed E-state index contributed by atoms with van der Waals surface area (Å²) in [7, 11) is 0. The fourth-order valence-electron chi connectivity index (χ4n) is 0.638. The fraction of sp³-hybridized carbons (Fsp3) is 0. The number of nitrogens with one attached hydrogen (secondary N) is 2. The van der Waals surface area contributed by atoms with Crippen molar-refractivity contribution in [2.45, 2.75) is 0 Å². The molecule has 0 aromatic heterocycles. The molecule has 0 atom stereocenters. The minimum absolute atomic E-state index is 0.591. The molecule has 0 aromatic carbocycles. The van der Waals surface area contributed by atoms with E-state index in [1.54, 1.807) is 0 Å². The summed E-state index contributed by atoms with van der Waals surface area (Å²) < 4.78 is 0. The highest BCUT2D eigenvalue weighted by atomic mass is 32.1. The Hall–Kier alpha value is -1.09. The van der Waals surface area contributed by atoms with E-state index < -0.39 is 0 Å². The molecule has 3 heteroatoms. The molecule has 0 aromatic rings. The lowest BCUT2D eigenvalue weighted by atomic mass is 10.2. The smallest absolute Gasteiger partial charge is 0.113 e. The quantitative estimate of drug-likeness (QED) is 0.401. The van der Waals surface area contributed by atoms with Gasteiger partial charge in [0.25, 0.3) is 0 Å². The molecule has 0 amide bonds. The van der Waals surface area contributed by atoms with Crippen LogP contribution in [0.15, 0.2) is 36.8 Å². The molecule has 0 unspecified atom stereocenters. The summed E-state index contributed by atoms with van der Waals surface area (Å²) in [4.78, 5) is 0.591. The van der Waals surface area contributed by atoms with Crippen molar-refractivity contribution in [1.82, 2.24) is 10.6 Å². The Balaban J connectivity index is 2.86. The van der Waals surface area contributed by atoms with Crippen LogP contribution in [-0.4, -0.2) is 4.99 Å². The normalized spacial score (nSPS) is 18.4. The first-order valence-electron chi connectivity index (χ1n) is 2.76. The van der Waals surface area contributed by atoms with Crippen molar-refractivity contribution >= 4 is 17.2 Å². The Kier molecular flexibility index (Phi) is 1.59. The average Bonchev–Trinajstić information content (AvgIpc) is 1.82. The molecule has 1 saturated heterocycles. The molecule has 2 nitrogen and oxygen atoms in total. The molecular formula is C7H8N2S. The highest BCUT2D eigenvalue weighted by Gasteiger charge is 2.13. The van der Waals surface area contributed by atoms with E-state index in [2.05, 4.69) is 30.4 Å². The van der Waals surface area contributed by atoms with Gasteiger partial charge in [-0.25, -0.2) is 0 Å². The highest BCUT2D eigenvalue weighted by molar-refractivity contribution is 7.80. The van der Waals surface area contributed by atoms with Crippen molar-refractivity contribution in [2.75, 3.05) is 0 Å². The minimum atomic E-state index is 0.591. The lowest BCUT2D eigenvalue weighted by Gasteiger charge is -2.22. The van der Waals surface area contributed by atoms with E-state index in [4.69, 9.17) is 12.2 Å². The second-order valence-electron chi connectivity index (χ2n) is 2.01. The van der Waals surface area contributed by atoms with Crippen LogP contribution in [-0.2, 0) is 0 Å². The molecule has 1 rings (SSSR count). The third kappa shape index (κ3) is 1.09. The zero-order valence-electron chi connectivity index (χ0n) is 5.53. The van der Waals surface area contributed by atoms with Crippen LogP contribution in [0.2, 0.25) is 0 Å². The van der Waals surface area contributed by atoms with E-state index in [0.717, 1.165) is 5.57 Å². The Bertz CT molecular complexity index is 218. The molecule has 1 fully saturated rings. The van der Waals surface area contributed by atoms with Crippen LogP contribution < -0.4 is 10.6 Å². The summed E-state index contributed by atoms with van der Waals surface area (Å²) in [6.07, 6.45) is 0. The standard InChI is InChI=1S/C7H8N2S/c1-4-5(2)8-6(3)9-7(4)10/h8H,1-3H2,(H,9,10). The molecule has 52 valence electrons. The van der Waals surface area contributed by atoms with Gasteiger partial charge in [-0.15, -0.1) is 0 Å². The first-order valence-corrected chi connectivity index (χ1v) is 3.17. The van der Waals surface area contributed by atoms with E-state index in [9.17, 15) is 0 Å². The first-order chi connectivity index (χ1) is 4.61. The lowest BCUT2D eigenvalue weighted by Crippen LogP contribution is -2.37. The average molecular weight is 152 g/mol. The molecule has 2 N–H and O–H groups in total. The van der Waals surface area contributed by atoms with Gasteiger partial charge in [0, 0.05) is 11.3 Å². The summed E-state index contributed by atoms with van der Waals surface area (Å²) in [6.45, 7) is 11.0. The summed E-state index contributed by atoms with van der Waals surface area (Å²) in [5, 5.41) is 5.70. The molecule has 0 radical (unpaired) electrons. The maximum absolute atomic E-state index is 4.91. The van der Waals surface area contributed by atoms with Gasteiger partial charge in [-0.1, -0.05) is 32.0 Å². The number of rotatable bonds is 0. The van der Waals surface area contributed by atoms with Gasteiger partial charge in [-0.05, 0) is 0 Å². The van der Waals surface area contributed by atoms with Gasteiger partial charge in [0.2, 0.25) is 0 Å². The third-order valence-electron chi connectivity index (χ3n) is 1.20. The second kappa shape index (κ2) is 2.27. The predicted octanol–water partition coefficient (Wildman–Crippen LogP) is 1.05. The third-order valence-corrected chi connectivity index (χ3v) is 1.55. The van der Waals surface area contributed by atoms with Crippen molar-refractivity contribution in [3.8, 4) is 0 Å². The van der Waals surface area contributed by atoms with Gasteiger partial charge in [0.1, 0.15) is 10.8 Å². The van der Waals surface area contributed by atoms with Gasteiger partial charge in [0.15, 0.2) is 0 Å². The van der Waals surface area contributed by atoms with Crippen LogP contribution in [0.3, 0.4) is 0 Å². The van der Waals surface area contributed by atoms with Gasteiger partial charge < -0.3 is 10.6 Å². The molecule has 1 heterocycles. The van der Waals surface area contributed by atoms with Crippen LogP contribution in [0.25, 0.3) is 0 Å². The van der Waals surface area contributed by atoms with Crippen LogP contribution in [0, 0.1) is 0 Å². The van der Waals surface area contributed by atoms with Gasteiger partial charge in [0.05, 0.1) is 0 Å². The number of hydrogen-bond donors (Lipinski definition) is 2. The Morgan fingerprint density at radius 1 is 1.10 bits per heavy atom. The SMILES string of the molecule is C=C1NC(=C)C(=C)C(=S)N1. The van der Waals surface area contributed by atoms with E-state index in [1.807, 2.05) is 0 Å². The zero-order chi connectivity index (χ0) is 7.72. The number of thiocarbonyl (C=S) groups is 1. The summed E-state index contributed by atoms with van der Waals surface area (Å²) in [5.74, 6) is 0.655. The second-order valence-corrected chi connectivity index (χ2v) is 2.42. The van der Waals surface area contributed by atoms with Gasteiger partial charge in [-0.3, -0.25) is 0 Å². The summed E-state index contributed by atoms with van der Waals surface area (Å²) >= 11 is 4.91. The van der Waals surface area contributed by atoms with Crippen LogP contribution in [0.4, 0.5) is 0 Å². The van der Waals surface area contributed by atoms with Crippen molar-refractivity contribution in [1.29, 1.82) is 0 Å². The minimum Gasteiger partial charge on any atom is -0.342 e. The van der Waals surface area contributed by atoms with Gasteiger partial charge in [-0.2, -0.15) is 0 Å². The topological polar surface area (TPSA) is 24.1 Å². The lowest BCUT2D eigenvalue weighted by molar-refractivity contribution is 0.889. The van der Waals surface area contributed by atoms with Crippen molar-refractivity contribution in [3.05, 3.63) is 36.8 Å². The Morgan fingerprint density at radius 2 is 1.70 bits per heavy atom. The van der Waals surface area contributed by atoms with Crippen molar-refractivity contribution in [2.24, 2.45) is 0 Å². The highest BCUT2D eigenvalue weighted by Crippen LogP contribution is 2.09. The Labute approximate surface area is 65.3 Å². The zero-order valence-corrected chi connectivity index (χ0v) is 6.35. The predicted molar refractivity (Wildman–Crippen MR) is 46.3 cm³/mol. The monoisotopic (exact) mass is 152 g/mol.